The largest absolute Gasteiger partial charge is 0.497 e. The molecule has 1 saturated heterocycles. The number of nitrogens with zero attached hydrogens (tertiary/aromatic N) is 2. The first-order valence-electron chi connectivity index (χ1n) is 9.08. The third-order valence-corrected chi connectivity index (χ3v) is 5.16. The van der Waals surface area contributed by atoms with Crippen LogP contribution in [0.3, 0.4) is 0 Å². The summed E-state index contributed by atoms with van der Waals surface area (Å²) in [5.41, 5.74) is 8.63. The van der Waals surface area contributed by atoms with Crippen LogP contribution in [0.5, 0.6) is 5.75 Å². The summed E-state index contributed by atoms with van der Waals surface area (Å²) in [5, 5.41) is 0. The molecule has 27 heavy (non-hydrogen) atoms. The van der Waals surface area contributed by atoms with E-state index in [9.17, 15) is 4.79 Å². The van der Waals surface area contributed by atoms with Crippen LogP contribution in [-0.4, -0.2) is 49.0 Å². The molecule has 2 aromatic carbocycles. The van der Waals surface area contributed by atoms with Gasteiger partial charge in [0.2, 0.25) is 0 Å². The molecule has 1 heterocycles. The fraction of sp³-hybridized carbons (Fsp3) is 0.381. The number of rotatable bonds is 5. The van der Waals surface area contributed by atoms with Crippen molar-refractivity contribution in [2.24, 2.45) is 5.73 Å². The second kappa shape index (κ2) is 9.74. The lowest BCUT2D eigenvalue weighted by atomic mass is 10.1. The van der Waals surface area contributed by atoms with Gasteiger partial charge in [-0.05, 0) is 42.3 Å². The molecule has 1 fully saturated rings. The first-order valence-corrected chi connectivity index (χ1v) is 9.08. The minimum atomic E-state index is 0. The van der Waals surface area contributed by atoms with Crippen LogP contribution in [0.15, 0.2) is 48.5 Å². The van der Waals surface area contributed by atoms with Crippen LogP contribution >= 0.6 is 12.4 Å². The van der Waals surface area contributed by atoms with Crippen molar-refractivity contribution in [3.8, 4) is 5.75 Å². The van der Waals surface area contributed by atoms with E-state index in [1.807, 2.05) is 41.3 Å². The molecule has 5 nitrogen and oxygen atoms in total. The highest BCUT2D eigenvalue weighted by atomic mass is 35.5. The molecule has 6 heteroatoms. The molecule has 2 aromatic rings. The van der Waals surface area contributed by atoms with Crippen LogP contribution in [0, 0.1) is 0 Å². The number of amides is 1. The zero-order valence-electron chi connectivity index (χ0n) is 15.9. The smallest absolute Gasteiger partial charge is 0.253 e. The van der Waals surface area contributed by atoms with Crippen LogP contribution in [-0.2, 0) is 6.54 Å². The average Bonchev–Trinajstić information content (AvgIpc) is 2.73. The molecule has 146 valence electrons. The minimum Gasteiger partial charge on any atom is -0.497 e. The van der Waals surface area contributed by atoms with E-state index in [-0.39, 0.29) is 18.3 Å². The van der Waals surface area contributed by atoms with Gasteiger partial charge in [0.1, 0.15) is 5.75 Å². The predicted molar refractivity (Wildman–Crippen MR) is 110 cm³/mol. The average molecular weight is 390 g/mol. The summed E-state index contributed by atoms with van der Waals surface area (Å²) in [5.74, 6) is 0.978. The topological polar surface area (TPSA) is 58.8 Å². The van der Waals surface area contributed by atoms with Gasteiger partial charge in [-0.1, -0.05) is 24.3 Å². The van der Waals surface area contributed by atoms with E-state index < -0.39 is 0 Å². The number of ether oxygens (including phenoxy) is 1. The summed E-state index contributed by atoms with van der Waals surface area (Å²) in [4.78, 5) is 17.0. The number of carbonyl (C=O) groups is 1. The van der Waals surface area contributed by atoms with E-state index in [1.165, 1.54) is 5.56 Å². The number of hydrogen-bond donors (Lipinski definition) is 1. The molecule has 1 aliphatic rings. The fourth-order valence-corrected chi connectivity index (χ4v) is 3.39. The van der Waals surface area contributed by atoms with Crippen molar-refractivity contribution in [2.45, 2.75) is 19.5 Å². The maximum atomic E-state index is 12.7. The van der Waals surface area contributed by atoms with Crippen molar-refractivity contribution in [1.82, 2.24) is 9.80 Å². The zero-order valence-corrected chi connectivity index (χ0v) is 16.7. The Bertz CT molecular complexity index is 743. The first-order chi connectivity index (χ1) is 12.6. The number of carbonyl (C=O) groups excluding carboxylic acids is 1. The summed E-state index contributed by atoms with van der Waals surface area (Å²) in [6, 6.07) is 16.1. The Morgan fingerprint density at radius 2 is 1.78 bits per heavy atom. The summed E-state index contributed by atoms with van der Waals surface area (Å²) < 4.78 is 5.33. The van der Waals surface area contributed by atoms with Gasteiger partial charge in [0, 0.05) is 44.3 Å². The number of benzene rings is 2. The Morgan fingerprint density at radius 1 is 1.11 bits per heavy atom. The molecular formula is C21H28ClN3O2. The van der Waals surface area contributed by atoms with Gasteiger partial charge in [-0.15, -0.1) is 12.4 Å². The second-order valence-corrected chi connectivity index (χ2v) is 6.68. The van der Waals surface area contributed by atoms with Crippen molar-refractivity contribution in [2.75, 3.05) is 33.3 Å². The van der Waals surface area contributed by atoms with Crippen LogP contribution in [0.1, 0.15) is 34.5 Å². The normalized spacial score (nSPS) is 15.7. The van der Waals surface area contributed by atoms with E-state index in [1.54, 1.807) is 7.11 Å². The van der Waals surface area contributed by atoms with E-state index in [0.717, 1.165) is 43.1 Å². The van der Waals surface area contributed by atoms with Gasteiger partial charge < -0.3 is 15.4 Å². The zero-order chi connectivity index (χ0) is 18.5. The van der Waals surface area contributed by atoms with E-state index in [4.69, 9.17) is 10.5 Å². The fourth-order valence-electron chi connectivity index (χ4n) is 3.39. The molecule has 2 N–H and O–H groups in total. The lowest BCUT2D eigenvalue weighted by Crippen LogP contribution is -2.49. The minimum absolute atomic E-state index is 0. The summed E-state index contributed by atoms with van der Waals surface area (Å²) in [6.07, 6.45) is 0. The Balaban J connectivity index is 0.00000261. The van der Waals surface area contributed by atoms with Gasteiger partial charge in [0.05, 0.1) is 7.11 Å². The molecule has 0 aliphatic carbocycles. The molecule has 1 amide bonds. The molecule has 0 spiro atoms. The third-order valence-electron chi connectivity index (χ3n) is 5.16. The monoisotopic (exact) mass is 389 g/mol. The summed E-state index contributed by atoms with van der Waals surface area (Å²) >= 11 is 0. The van der Waals surface area contributed by atoms with Crippen LogP contribution in [0.4, 0.5) is 0 Å². The van der Waals surface area contributed by atoms with Crippen LogP contribution < -0.4 is 10.5 Å². The maximum absolute atomic E-state index is 12.7. The highest BCUT2D eigenvalue weighted by Crippen LogP contribution is 2.25. The number of nitrogens with two attached hydrogens (primary N) is 1. The predicted octanol–water partition coefficient (Wildman–Crippen LogP) is 3.09. The van der Waals surface area contributed by atoms with Crippen molar-refractivity contribution >= 4 is 18.3 Å². The Kier molecular flexibility index (Phi) is 7.66. The third kappa shape index (κ3) is 5.01. The number of piperazine rings is 1. The molecule has 0 aromatic heterocycles. The van der Waals surface area contributed by atoms with Gasteiger partial charge in [-0.25, -0.2) is 0 Å². The Labute approximate surface area is 167 Å². The van der Waals surface area contributed by atoms with Crippen LogP contribution in [0.25, 0.3) is 0 Å². The van der Waals surface area contributed by atoms with Gasteiger partial charge in [0.15, 0.2) is 0 Å². The number of methoxy groups -OCH3 is 1. The van der Waals surface area contributed by atoms with Gasteiger partial charge in [-0.3, -0.25) is 9.69 Å². The standard InChI is InChI=1S/C21H27N3O2.ClH/c1-16(19-4-3-5-20(14-19)26-2)23-10-12-24(13-11-23)21(25)18-8-6-17(15-22)7-9-18;/h3-9,14,16H,10-13,15,22H2,1-2H3;1H. The first kappa shape index (κ1) is 21.2. The molecule has 1 atom stereocenters. The molecular weight excluding hydrogens is 362 g/mol. The van der Waals surface area contributed by atoms with E-state index >= 15 is 0 Å². The Hall–Kier alpha value is -2.08. The summed E-state index contributed by atoms with van der Waals surface area (Å²) in [7, 11) is 1.69. The van der Waals surface area contributed by atoms with Crippen molar-refractivity contribution in [3.63, 3.8) is 0 Å². The van der Waals surface area contributed by atoms with E-state index in [0.29, 0.717) is 12.6 Å². The molecule has 3 rings (SSSR count). The van der Waals surface area contributed by atoms with E-state index in [2.05, 4.69) is 24.0 Å². The van der Waals surface area contributed by atoms with Crippen molar-refractivity contribution < 1.29 is 9.53 Å². The number of halogens is 1. The lowest BCUT2D eigenvalue weighted by Gasteiger charge is -2.38. The molecule has 1 aliphatic heterocycles. The van der Waals surface area contributed by atoms with Crippen LogP contribution in [0.2, 0.25) is 0 Å². The summed E-state index contributed by atoms with van der Waals surface area (Å²) in [6.45, 7) is 5.92. The quantitative estimate of drug-likeness (QED) is 0.853. The molecule has 1 unspecified atom stereocenters. The molecule has 0 radical (unpaired) electrons. The van der Waals surface area contributed by atoms with Gasteiger partial charge in [-0.2, -0.15) is 0 Å². The second-order valence-electron chi connectivity index (χ2n) is 6.68. The van der Waals surface area contributed by atoms with Crippen molar-refractivity contribution in [3.05, 3.63) is 65.2 Å². The lowest BCUT2D eigenvalue weighted by molar-refractivity contribution is 0.0582. The molecule has 0 saturated carbocycles. The highest BCUT2D eigenvalue weighted by Gasteiger charge is 2.25. The SMILES string of the molecule is COc1cccc(C(C)N2CCN(C(=O)c3ccc(CN)cc3)CC2)c1.Cl. The Morgan fingerprint density at radius 3 is 2.37 bits per heavy atom. The van der Waals surface area contributed by atoms with Gasteiger partial charge >= 0.3 is 0 Å². The van der Waals surface area contributed by atoms with Gasteiger partial charge in [0.25, 0.3) is 5.91 Å². The molecule has 0 bridgehead atoms. The van der Waals surface area contributed by atoms with Crippen molar-refractivity contribution in [1.29, 1.82) is 0 Å². The highest BCUT2D eigenvalue weighted by molar-refractivity contribution is 5.94. The number of hydrogen-bond acceptors (Lipinski definition) is 4. The maximum Gasteiger partial charge on any atom is 0.253 e.